The van der Waals surface area contributed by atoms with Crippen molar-refractivity contribution in [3.8, 4) is 28.4 Å². The van der Waals surface area contributed by atoms with Crippen LogP contribution in [0.1, 0.15) is 30.4 Å². The van der Waals surface area contributed by atoms with Gasteiger partial charge in [0.2, 0.25) is 17.9 Å². The Balaban J connectivity index is 1.88. The molecular weight excluding hydrogens is 514 g/mol. The van der Waals surface area contributed by atoms with Crippen molar-refractivity contribution in [2.45, 2.75) is 55.2 Å². The molecule has 5 atom stereocenters. The topological polar surface area (TPSA) is 144 Å². The monoisotopic (exact) mass is 547 g/mol. The fourth-order valence-electron chi connectivity index (χ4n) is 4.97. The second kappa shape index (κ2) is 11.9. The number of aliphatic hydroxyl groups is 3. The number of thioether (sulfide) groups is 1. The lowest BCUT2D eigenvalue weighted by Gasteiger charge is -2.35. The minimum atomic E-state index is -1.49. The van der Waals surface area contributed by atoms with Gasteiger partial charge in [-0.2, -0.15) is 0 Å². The summed E-state index contributed by atoms with van der Waals surface area (Å²) in [5.74, 6) is 0.544. The van der Waals surface area contributed by atoms with Gasteiger partial charge in [-0.3, -0.25) is 9.59 Å². The van der Waals surface area contributed by atoms with Gasteiger partial charge in [-0.25, -0.2) is 0 Å². The Morgan fingerprint density at radius 1 is 1.13 bits per heavy atom. The molecule has 1 amide bonds. The Morgan fingerprint density at radius 3 is 2.53 bits per heavy atom. The smallest absolute Gasteiger partial charge is 0.229 e. The number of aliphatic hydroxyl groups excluding tert-OH is 3. The Bertz CT molecular complexity index is 1250. The zero-order chi connectivity index (χ0) is 27.6. The highest BCUT2D eigenvalue weighted by molar-refractivity contribution is 7.98. The normalized spacial score (nSPS) is 24.4. The molecule has 1 aliphatic heterocycles. The average Bonchev–Trinajstić information content (AvgIpc) is 3.14. The molecule has 1 aliphatic carbocycles. The molecule has 0 bridgehead atoms. The van der Waals surface area contributed by atoms with Crippen LogP contribution in [-0.4, -0.2) is 79.5 Å². The maximum absolute atomic E-state index is 13.0. The van der Waals surface area contributed by atoms with Crippen LogP contribution in [0, 0.1) is 0 Å². The van der Waals surface area contributed by atoms with E-state index >= 15 is 0 Å². The number of methoxy groups -OCH3 is 2. The number of nitrogens with one attached hydrogen (secondary N) is 1. The van der Waals surface area contributed by atoms with Crippen LogP contribution in [-0.2, 0) is 16.0 Å². The van der Waals surface area contributed by atoms with Gasteiger partial charge in [-0.1, -0.05) is 6.07 Å². The summed E-state index contributed by atoms with van der Waals surface area (Å²) in [6, 6.07) is 7.08. The van der Waals surface area contributed by atoms with Gasteiger partial charge in [-0.15, -0.1) is 11.8 Å². The predicted molar refractivity (Wildman–Crippen MR) is 141 cm³/mol. The van der Waals surface area contributed by atoms with E-state index in [1.54, 1.807) is 18.2 Å². The molecule has 0 radical (unpaired) electrons. The molecule has 4 N–H and O–H groups in total. The average molecular weight is 548 g/mol. The summed E-state index contributed by atoms with van der Waals surface area (Å²) in [4.78, 5) is 25.3. The number of benzene rings is 1. The fourth-order valence-corrected chi connectivity index (χ4v) is 5.43. The van der Waals surface area contributed by atoms with Crippen LogP contribution in [0.25, 0.3) is 11.1 Å². The lowest BCUT2D eigenvalue weighted by Crippen LogP contribution is -2.54. The maximum Gasteiger partial charge on any atom is 0.229 e. The molecule has 0 saturated carbocycles. The van der Waals surface area contributed by atoms with E-state index in [9.17, 15) is 24.9 Å². The molecule has 206 valence electrons. The molecule has 0 spiro atoms. The van der Waals surface area contributed by atoms with Gasteiger partial charge in [0.05, 0.1) is 25.7 Å². The molecule has 0 aromatic heterocycles. The Morgan fingerprint density at radius 2 is 1.87 bits per heavy atom. The van der Waals surface area contributed by atoms with Crippen molar-refractivity contribution in [1.29, 1.82) is 0 Å². The van der Waals surface area contributed by atoms with E-state index in [1.165, 1.54) is 32.9 Å². The van der Waals surface area contributed by atoms with E-state index in [-0.39, 0.29) is 35.4 Å². The first-order chi connectivity index (χ1) is 18.2. The lowest BCUT2D eigenvalue weighted by molar-refractivity contribution is -0.242. The standard InChI is InChI=1S/C27H33NO9S/c1-13(29)28-11-15-6-5-14-9-20(37-27-24(33)23(32)19(31)12-36-27)25(34-2)26(35-3)22(14)16-7-8-21(38-4)18(30)10-17(15)16/h7-10,15,19,23-24,27,31-33H,5-6,11-12H2,1-4H3,(H,28,29)/t15-,19-,23+,24+,27?/m1/s1. The molecule has 2 aromatic rings. The van der Waals surface area contributed by atoms with Crippen LogP contribution in [0.5, 0.6) is 17.2 Å². The Hall–Kier alpha value is -2.83. The molecule has 11 heteroatoms. The number of fused-ring (bicyclic) bond motifs is 3. The first-order valence-corrected chi connectivity index (χ1v) is 13.5. The first-order valence-electron chi connectivity index (χ1n) is 12.3. The summed E-state index contributed by atoms with van der Waals surface area (Å²) < 4.78 is 22.9. The van der Waals surface area contributed by atoms with Crippen LogP contribution in [0.15, 0.2) is 34.0 Å². The van der Waals surface area contributed by atoms with Gasteiger partial charge in [0.25, 0.3) is 0 Å². The van der Waals surface area contributed by atoms with Crippen molar-refractivity contribution in [2.75, 3.05) is 33.6 Å². The Labute approximate surface area is 224 Å². The van der Waals surface area contributed by atoms with E-state index in [0.717, 1.165) is 22.3 Å². The predicted octanol–water partition coefficient (Wildman–Crippen LogP) is 1.44. The molecule has 38 heavy (non-hydrogen) atoms. The summed E-state index contributed by atoms with van der Waals surface area (Å²) >= 11 is 1.36. The minimum Gasteiger partial charge on any atom is -0.492 e. The van der Waals surface area contributed by atoms with E-state index in [0.29, 0.717) is 30.0 Å². The van der Waals surface area contributed by atoms with Crippen molar-refractivity contribution in [1.82, 2.24) is 5.32 Å². The molecular formula is C27H33NO9S. The van der Waals surface area contributed by atoms with Gasteiger partial charge in [0.15, 0.2) is 16.9 Å². The molecule has 1 unspecified atom stereocenters. The third-order valence-electron chi connectivity index (χ3n) is 6.92. The number of hydrogen-bond donors (Lipinski definition) is 4. The van der Waals surface area contributed by atoms with Crippen LogP contribution < -0.4 is 25.0 Å². The largest absolute Gasteiger partial charge is 0.492 e. The van der Waals surface area contributed by atoms with Crippen LogP contribution in [0.4, 0.5) is 0 Å². The van der Waals surface area contributed by atoms with Crippen molar-refractivity contribution >= 4 is 17.7 Å². The maximum atomic E-state index is 13.0. The second-order valence-electron chi connectivity index (χ2n) is 9.30. The number of carbonyl (C=O) groups excluding carboxylic acids is 1. The molecule has 1 heterocycles. The summed E-state index contributed by atoms with van der Waals surface area (Å²) in [6.07, 6.45) is -2.38. The number of rotatable bonds is 7. The van der Waals surface area contributed by atoms with Crippen molar-refractivity contribution in [2.24, 2.45) is 0 Å². The molecule has 2 aliphatic rings. The van der Waals surface area contributed by atoms with Crippen molar-refractivity contribution in [3.05, 3.63) is 45.6 Å². The van der Waals surface area contributed by atoms with Gasteiger partial charge < -0.3 is 39.6 Å². The third-order valence-corrected chi connectivity index (χ3v) is 7.70. The second-order valence-corrected chi connectivity index (χ2v) is 10.1. The summed E-state index contributed by atoms with van der Waals surface area (Å²) in [5, 5.41) is 33.2. The minimum absolute atomic E-state index is 0.106. The third kappa shape index (κ3) is 5.48. The van der Waals surface area contributed by atoms with Crippen molar-refractivity contribution < 1.29 is 39.1 Å². The van der Waals surface area contributed by atoms with Gasteiger partial charge in [0.1, 0.15) is 18.3 Å². The molecule has 2 aromatic carbocycles. The zero-order valence-electron chi connectivity index (χ0n) is 21.7. The highest BCUT2D eigenvalue weighted by Crippen LogP contribution is 2.51. The summed E-state index contributed by atoms with van der Waals surface area (Å²) in [6.45, 7) is 1.61. The molecule has 4 rings (SSSR count). The van der Waals surface area contributed by atoms with Crippen LogP contribution in [0.2, 0.25) is 0 Å². The van der Waals surface area contributed by atoms with E-state index in [2.05, 4.69) is 5.32 Å². The van der Waals surface area contributed by atoms with Crippen LogP contribution >= 0.6 is 11.8 Å². The molecule has 1 fully saturated rings. The highest BCUT2D eigenvalue weighted by Gasteiger charge is 2.40. The van der Waals surface area contributed by atoms with Gasteiger partial charge in [-0.05, 0) is 54.0 Å². The zero-order valence-corrected chi connectivity index (χ0v) is 22.5. The van der Waals surface area contributed by atoms with E-state index in [1.807, 2.05) is 12.3 Å². The molecule has 10 nitrogen and oxygen atoms in total. The lowest BCUT2D eigenvalue weighted by atomic mass is 9.92. The summed E-state index contributed by atoms with van der Waals surface area (Å²) in [5.41, 5.74) is 3.05. The van der Waals surface area contributed by atoms with Gasteiger partial charge in [0, 0.05) is 24.9 Å². The number of hydrogen-bond acceptors (Lipinski definition) is 10. The van der Waals surface area contributed by atoms with Gasteiger partial charge >= 0.3 is 0 Å². The number of amides is 1. The SMILES string of the molecule is COc1c(OC2OC[C@@H](O)[C@H](O)[C@@H]2O)cc2c(c1OC)-c1ccc(SC)c(=O)cc1[C@@H](CNC(C)=O)CC2. The highest BCUT2D eigenvalue weighted by atomic mass is 32.2. The van der Waals surface area contributed by atoms with Crippen LogP contribution in [0.3, 0.4) is 0 Å². The number of ether oxygens (including phenoxy) is 4. The quantitative estimate of drug-likeness (QED) is 0.376. The van der Waals surface area contributed by atoms with E-state index < -0.39 is 24.6 Å². The summed E-state index contributed by atoms with van der Waals surface area (Å²) in [7, 11) is 2.96. The van der Waals surface area contributed by atoms with Crippen molar-refractivity contribution in [3.63, 3.8) is 0 Å². The fraction of sp³-hybridized carbons (Fsp3) is 0.481. The molecule has 1 saturated heterocycles. The van der Waals surface area contributed by atoms with E-state index in [4.69, 9.17) is 18.9 Å². The number of carbonyl (C=O) groups is 1. The Kier molecular flexibility index (Phi) is 8.84. The number of aryl methyl sites for hydroxylation is 1. The first kappa shape index (κ1) is 28.2.